The Hall–Kier alpha value is 1.44. The van der Waals surface area contributed by atoms with Gasteiger partial charge in [-0.3, -0.25) is 0 Å². The van der Waals surface area contributed by atoms with E-state index in [1.165, 1.54) is 19.3 Å². The molecule has 5 fully saturated rings. The Morgan fingerprint density at radius 3 is 1.94 bits per heavy atom. The lowest BCUT2D eigenvalue weighted by Crippen LogP contribution is -2.48. The van der Waals surface area contributed by atoms with Gasteiger partial charge in [-0.25, -0.2) is 0 Å². The molecule has 0 heterocycles. The molecule has 11 unspecified atom stereocenters. The first kappa shape index (κ1) is 11.1. The van der Waals surface area contributed by atoms with Crippen LogP contribution in [0.1, 0.15) is 19.3 Å². The highest BCUT2D eigenvalue weighted by Crippen LogP contribution is 2.74. The van der Waals surface area contributed by atoms with Crippen LogP contribution in [0.2, 0.25) is 0 Å². The van der Waals surface area contributed by atoms with Crippen LogP contribution in [-0.2, 0) is 0 Å². The summed E-state index contributed by atoms with van der Waals surface area (Å²) in [5.41, 5.74) is 0. The number of rotatable bonds is 0. The van der Waals surface area contributed by atoms with Crippen molar-refractivity contribution in [1.82, 2.24) is 0 Å². The number of fused-ring (bicyclic) bond motifs is 2. The molecule has 5 aliphatic carbocycles. The van der Waals surface area contributed by atoms with Gasteiger partial charge in [0, 0.05) is 14.5 Å². The molecule has 6 bridgehead atoms. The zero-order valence-electron chi connectivity index (χ0n) is 9.61. The van der Waals surface area contributed by atoms with Crippen LogP contribution in [0.25, 0.3) is 0 Å². The molecule has 5 saturated carbocycles. The summed E-state index contributed by atoms with van der Waals surface area (Å²) in [4.78, 5) is 2.49. The minimum absolute atomic E-state index is 0.819. The number of hydrogen-bond acceptors (Lipinski definition) is 0. The van der Waals surface area contributed by atoms with Gasteiger partial charge in [0.15, 0.2) is 0 Å². The van der Waals surface area contributed by atoms with Gasteiger partial charge in [0.05, 0.1) is 0 Å². The van der Waals surface area contributed by atoms with Gasteiger partial charge in [-0.15, -0.1) is 0 Å². The molecule has 0 radical (unpaired) electrons. The molecule has 5 aliphatic rings. The zero-order valence-corrected chi connectivity index (χ0v) is 14.4. The Bertz CT molecular complexity index is 382. The fourth-order valence-electron chi connectivity index (χ4n) is 6.83. The van der Waals surface area contributed by atoms with Gasteiger partial charge in [-0.2, -0.15) is 0 Å². The van der Waals surface area contributed by atoms with Crippen molar-refractivity contribution in [1.29, 1.82) is 0 Å². The van der Waals surface area contributed by atoms with Crippen LogP contribution in [-0.4, -0.2) is 14.5 Å². The van der Waals surface area contributed by atoms with Crippen molar-refractivity contribution in [3.63, 3.8) is 0 Å². The topological polar surface area (TPSA) is 0 Å². The molecule has 0 nitrogen and oxygen atoms in total. The van der Waals surface area contributed by atoms with E-state index in [0.29, 0.717) is 0 Å². The lowest BCUT2D eigenvalue weighted by atomic mass is 9.60. The van der Waals surface area contributed by atoms with Gasteiger partial charge < -0.3 is 0 Å². The highest BCUT2D eigenvalue weighted by Gasteiger charge is 2.71. The van der Waals surface area contributed by atoms with Gasteiger partial charge in [0.2, 0.25) is 0 Å². The summed E-state index contributed by atoms with van der Waals surface area (Å²) in [6.07, 6.45) is 4.53. The van der Waals surface area contributed by atoms with Crippen molar-refractivity contribution in [2.75, 3.05) is 0 Å². The molecule has 0 aromatic carbocycles. The van der Waals surface area contributed by atoms with Crippen molar-refractivity contribution in [2.45, 2.75) is 33.7 Å². The molecule has 0 aromatic heterocycles. The normalized spacial score (nSPS) is 74.6. The SMILES string of the molecule is BrC1CC2C3CC1C2C1C(Br)C2CC1C3C2Br. The minimum Gasteiger partial charge on any atom is -0.0887 e. The average molecular weight is 425 g/mol. The summed E-state index contributed by atoms with van der Waals surface area (Å²) in [7, 11) is 0. The molecule has 0 spiro atoms. The highest BCUT2D eigenvalue weighted by molar-refractivity contribution is 9.10. The van der Waals surface area contributed by atoms with Gasteiger partial charge in [-0.1, -0.05) is 47.8 Å². The van der Waals surface area contributed by atoms with E-state index >= 15 is 0 Å². The van der Waals surface area contributed by atoms with Gasteiger partial charge in [0.1, 0.15) is 0 Å². The second-order valence-electron chi connectivity index (χ2n) is 7.16. The van der Waals surface area contributed by atoms with Crippen LogP contribution in [0.3, 0.4) is 0 Å². The van der Waals surface area contributed by atoms with Gasteiger partial charge >= 0.3 is 0 Å². The molecule has 94 valence electrons. The zero-order chi connectivity index (χ0) is 11.5. The molecular weight excluding hydrogens is 408 g/mol. The molecule has 17 heavy (non-hydrogen) atoms. The van der Waals surface area contributed by atoms with Crippen molar-refractivity contribution >= 4 is 47.8 Å². The maximum Gasteiger partial charge on any atom is 0.0218 e. The quantitative estimate of drug-likeness (QED) is 0.504. The van der Waals surface area contributed by atoms with Crippen LogP contribution in [0.4, 0.5) is 0 Å². The molecule has 0 amide bonds. The first-order chi connectivity index (χ1) is 8.18. The summed E-state index contributed by atoms with van der Waals surface area (Å²) in [5.74, 6) is 8.28. The van der Waals surface area contributed by atoms with E-state index < -0.39 is 0 Å². The Morgan fingerprint density at radius 2 is 1.18 bits per heavy atom. The third-order valence-corrected chi connectivity index (χ3v) is 10.7. The minimum atomic E-state index is 0.819. The lowest BCUT2D eigenvalue weighted by molar-refractivity contribution is 0.0482. The summed E-state index contributed by atoms with van der Waals surface area (Å²) in [6, 6.07) is 0. The number of halogens is 3. The predicted octanol–water partition coefficient (Wildman–Crippen LogP) is 4.44. The Kier molecular flexibility index (Phi) is 2.20. The van der Waals surface area contributed by atoms with Crippen molar-refractivity contribution in [3.8, 4) is 0 Å². The van der Waals surface area contributed by atoms with E-state index in [9.17, 15) is 0 Å². The summed E-state index contributed by atoms with van der Waals surface area (Å²) < 4.78 is 0. The number of hydrogen-bond donors (Lipinski definition) is 0. The molecule has 0 aromatic rings. The van der Waals surface area contributed by atoms with Crippen LogP contribution >= 0.6 is 47.8 Å². The molecule has 5 rings (SSSR count). The van der Waals surface area contributed by atoms with E-state index in [1.54, 1.807) is 0 Å². The van der Waals surface area contributed by atoms with E-state index in [4.69, 9.17) is 0 Å². The Labute approximate surface area is 128 Å². The molecule has 0 aliphatic heterocycles. The van der Waals surface area contributed by atoms with Gasteiger partial charge in [-0.05, 0) is 66.6 Å². The largest absolute Gasteiger partial charge is 0.0887 e. The standard InChI is InChI=1S/C14H17Br3/c15-9-3-5-4-1-6(9)10(5)12-7-2-8(14(12)17)13(16)11(4)7/h4-14H,1-3H2. The van der Waals surface area contributed by atoms with E-state index in [2.05, 4.69) is 47.8 Å². The monoisotopic (exact) mass is 422 g/mol. The second kappa shape index (κ2) is 3.36. The Morgan fingerprint density at radius 1 is 0.529 bits per heavy atom. The molecule has 3 heteroatoms. The molecule has 0 N–H and O–H groups in total. The van der Waals surface area contributed by atoms with Crippen molar-refractivity contribution in [3.05, 3.63) is 0 Å². The third-order valence-electron chi connectivity index (χ3n) is 7.07. The lowest BCUT2D eigenvalue weighted by Gasteiger charge is -2.48. The first-order valence-corrected chi connectivity index (χ1v) is 9.85. The molecular formula is C14H17Br3. The predicted molar refractivity (Wildman–Crippen MR) is 79.9 cm³/mol. The summed E-state index contributed by atoms with van der Waals surface area (Å²) in [6.45, 7) is 0. The fraction of sp³-hybridized carbons (Fsp3) is 1.00. The summed E-state index contributed by atoms with van der Waals surface area (Å²) >= 11 is 12.1. The van der Waals surface area contributed by atoms with E-state index in [0.717, 1.165) is 61.8 Å². The second-order valence-corrected chi connectivity index (χ2v) is 10.5. The average Bonchev–Trinajstić information content (AvgIpc) is 2.95. The van der Waals surface area contributed by atoms with Crippen molar-refractivity contribution < 1.29 is 0 Å². The van der Waals surface area contributed by atoms with Gasteiger partial charge in [0.25, 0.3) is 0 Å². The van der Waals surface area contributed by atoms with Crippen LogP contribution in [0.5, 0.6) is 0 Å². The smallest absolute Gasteiger partial charge is 0.0218 e. The number of alkyl halides is 3. The van der Waals surface area contributed by atoms with Crippen LogP contribution in [0.15, 0.2) is 0 Å². The fourth-order valence-corrected chi connectivity index (χ4v) is 10.9. The van der Waals surface area contributed by atoms with Crippen LogP contribution in [0, 0.1) is 47.3 Å². The maximum atomic E-state index is 4.08. The molecule has 0 saturated heterocycles. The first-order valence-electron chi connectivity index (χ1n) is 7.10. The van der Waals surface area contributed by atoms with E-state index in [-0.39, 0.29) is 0 Å². The van der Waals surface area contributed by atoms with Crippen LogP contribution < -0.4 is 0 Å². The Balaban J connectivity index is 1.65. The molecule has 11 atom stereocenters. The maximum absolute atomic E-state index is 4.08. The van der Waals surface area contributed by atoms with E-state index in [1.807, 2.05) is 0 Å². The highest BCUT2D eigenvalue weighted by atomic mass is 79.9. The van der Waals surface area contributed by atoms with Crippen molar-refractivity contribution in [2.24, 2.45) is 47.3 Å². The summed E-state index contributed by atoms with van der Waals surface area (Å²) in [5, 5.41) is 0. The third kappa shape index (κ3) is 1.10.